The van der Waals surface area contributed by atoms with E-state index in [1.807, 2.05) is 13.0 Å². The zero-order valence-corrected chi connectivity index (χ0v) is 13.4. The summed E-state index contributed by atoms with van der Waals surface area (Å²) < 4.78 is 28.2. The van der Waals surface area contributed by atoms with Gasteiger partial charge in [-0.1, -0.05) is 19.1 Å². The fourth-order valence-electron chi connectivity index (χ4n) is 2.52. The zero-order chi connectivity index (χ0) is 15.5. The van der Waals surface area contributed by atoms with Gasteiger partial charge in [-0.05, 0) is 42.9 Å². The summed E-state index contributed by atoms with van der Waals surface area (Å²) in [6.07, 6.45) is 2.09. The van der Waals surface area contributed by atoms with Gasteiger partial charge in [0.1, 0.15) is 0 Å². The van der Waals surface area contributed by atoms with Crippen molar-refractivity contribution in [3.8, 4) is 0 Å². The molecule has 0 radical (unpaired) electrons. The summed E-state index contributed by atoms with van der Waals surface area (Å²) in [4.78, 5) is 0.158. The molecule has 6 heteroatoms. The van der Waals surface area contributed by atoms with Gasteiger partial charge in [-0.3, -0.25) is 0 Å². The fraction of sp³-hybridized carbons (Fsp3) is 0.600. The molecule has 0 bridgehead atoms. The maximum absolute atomic E-state index is 11.4. The van der Waals surface area contributed by atoms with Crippen LogP contribution in [0.3, 0.4) is 0 Å². The number of benzene rings is 1. The molecule has 0 amide bonds. The molecule has 1 atom stereocenters. The Kier molecular flexibility index (Phi) is 5.03. The third-order valence-corrected chi connectivity index (χ3v) is 5.13. The highest BCUT2D eigenvalue weighted by molar-refractivity contribution is 7.89. The molecule has 1 unspecified atom stereocenters. The summed E-state index contributed by atoms with van der Waals surface area (Å²) in [5, 5.41) is 8.67. The number of nitrogens with two attached hydrogens (primary N) is 1. The first-order valence-electron chi connectivity index (χ1n) is 7.24. The molecular weight excluding hydrogens is 288 g/mol. The third kappa shape index (κ3) is 4.51. The largest absolute Gasteiger partial charge is 0.381 e. The van der Waals surface area contributed by atoms with E-state index in [2.05, 4.69) is 12.2 Å². The van der Waals surface area contributed by atoms with Gasteiger partial charge in [0.25, 0.3) is 0 Å². The van der Waals surface area contributed by atoms with E-state index in [4.69, 9.17) is 9.88 Å². The lowest BCUT2D eigenvalue weighted by molar-refractivity contribution is 0.0231. The second-order valence-corrected chi connectivity index (χ2v) is 7.70. The number of hydrogen-bond donors (Lipinski definition) is 2. The molecule has 118 valence electrons. The second-order valence-electron chi connectivity index (χ2n) is 6.14. The summed E-state index contributed by atoms with van der Waals surface area (Å²) in [7, 11) is -3.65. The molecule has 1 aromatic rings. The van der Waals surface area contributed by atoms with E-state index in [0.29, 0.717) is 0 Å². The average molecular weight is 312 g/mol. The SMILES string of the molecule is CC(NCC1(C)CCOCC1)c1cccc(S(N)(=O)=O)c1. The third-order valence-electron chi connectivity index (χ3n) is 4.22. The van der Waals surface area contributed by atoms with E-state index in [-0.39, 0.29) is 16.4 Å². The number of ether oxygens (including phenoxy) is 1. The summed E-state index contributed by atoms with van der Waals surface area (Å²) >= 11 is 0. The van der Waals surface area contributed by atoms with Gasteiger partial charge in [0, 0.05) is 25.8 Å². The first-order chi connectivity index (χ1) is 9.80. The first kappa shape index (κ1) is 16.4. The Labute approximate surface area is 126 Å². The van der Waals surface area contributed by atoms with E-state index in [9.17, 15) is 8.42 Å². The van der Waals surface area contributed by atoms with Crippen LogP contribution in [-0.4, -0.2) is 28.2 Å². The van der Waals surface area contributed by atoms with Gasteiger partial charge in [-0.2, -0.15) is 0 Å². The smallest absolute Gasteiger partial charge is 0.238 e. The highest BCUT2D eigenvalue weighted by Gasteiger charge is 2.27. The van der Waals surface area contributed by atoms with Gasteiger partial charge in [0.2, 0.25) is 10.0 Å². The van der Waals surface area contributed by atoms with Crippen LogP contribution in [-0.2, 0) is 14.8 Å². The fourth-order valence-corrected chi connectivity index (χ4v) is 3.09. The van der Waals surface area contributed by atoms with Gasteiger partial charge in [0.05, 0.1) is 4.90 Å². The molecular formula is C15H24N2O3S. The molecule has 0 aromatic heterocycles. The van der Waals surface area contributed by atoms with Crippen LogP contribution in [0.25, 0.3) is 0 Å². The number of hydrogen-bond acceptors (Lipinski definition) is 4. The van der Waals surface area contributed by atoms with E-state index >= 15 is 0 Å². The van der Waals surface area contributed by atoms with Crippen LogP contribution in [0.1, 0.15) is 38.3 Å². The topological polar surface area (TPSA) is 81.4 Å². The molecule has 1 fully saturated rings. The molecule has 1 aliphatic heterocycles. The van der Waals surface area contributed by atoms with E-state index in [1.54, 1.807) is 12.1 Å². The van der Waals surface area contributed by atoms with Crippen LogP contribution < -0.4 is 10.5 Å². The highest BCUT2D eigenvalue weighted by Crippen LogP contribution is 2.29. The van der Waals surface area contributed by atoms with Crippen molar-refractivity contribution < 1.29 is 13.2 Å². The van der Waals surface area contributed by atoms with Gasteiger partial charge in [0.15, 0.2) is 0 Å². The number of nitrogens with one attached hydrogen (secondary N) is 1. The van der Waals surface area contributed by atoms with Crippen LogP contribution in [0.4, 0.5) is 0 Å². The summed E-state index contributed by atoms with van der Waals surface area (Å²) in [5.74, 6) is 0. The molecule has 1 heterocycles. The highest BCUT2D eigenvalue weighted by atomic mass is 32.2. The number of primary sulfonamides is 1. The Hall–Kier alpha value is -0.950. The van der Waals surface area contributed by atoms with E-state index in [0.717, 1.165) is 38.2 Å². The lowest BCUT2D eigenvalue weighted by atomic mass is 9.82. The zero-order valence-electron chi connectivity index (χ0n) is 12.6. The van der Waals surface area contributed by atoms with Crippen molar-refractivity contribution in [3.05, 3.63) is 29.8 Å². The van der Waals surface area contributed by atoms with Crippen molar-refractivity contribution in [2.24, 2.45) is 10.6 Å². The first-order valence-corrected chi connectivity index (χ1v) is 8.79. The van der Waals surface area contributed by atoms with Crippen LogP contribution >= 0.6 is 0 Å². The summed E-state index contributed by atoms with van der Waals surface area (Å²) in [6.45, 7) is 6.80. The van der Waals surface area contributed by atoms with Gasteiger partial charge in [-0.15, -0.1) is 0 Å². The maximum atomic E-state index is 11.4. The average Bonchev–Trinajstić information content (AvgIpc) is 2.45. The minimum atomic E-state index is -3.65. The summed E-state index contributed by atoms with van der Waals surface area (Å²) in [6, 6.07) is 6.87. The predicted molar refractivity (Wildman–Crippen MR) is 82.4 cm³/mol. The van der Waals surface area contributed by atoms with Crippen LogP contribution in [0, 0.1) is 5.41 Å². The summed E-state index contributed by atoms with van der Waals surface area (Å²) in [5.41, 5.74) is 1.17. The predicted octanol–water partition coefficient (Wildman–Crippen LogP) is 1.80. The van der Waals surface area contributed by atoms with Crippen LogP contribution in [0.15, 0.2) is 29.2 Å². The Morgan fingerprint density at radius 3 is 2.67 bits per heavy atom. The molecule has 0 aliphatic carbocycles. The van der Waals surface area contributed by atoms with Crippen molar-refractivity contribution in [2.75, 3.05) is 19.8 Å². The number of sulfonamides is 1. The molecule has 1 aliphatic rings. The Morgan fingerprint density at radius 2 is 2.05 bits per heavy atom. The van der Waals surface area contributed by atoms with Gasteiger partial charge < -0.3 is 10.1 Å². The molecule has 21 heavy (non-hydrogen) atoms. The van der Waals surface area contributed by atoms with Crippen molar-refractivity contribution in [1.29, 1.82) is 0 Å². The van der Waals surface area contributed by atoms with Crippen molar-refractivity contribution >= 4 is 10.0 Å². The van der Waals surface area contributed by atoms with Crippen molar-refractivity contribution in [1.82, 2.24) is 5.32 Å². The number of rotatable bonds is 5. The Morgan fingerprint density at radius 1 is 1.38 bits per heavy atom. The standard InChI is InChI=1S/C15H24N2O3S/c1-12(17-11-15(2)6-8-20-9-7-15)13-4-3-5-14(10-13)21(16,18)19/h3-5,10,12,17H,6-9,11H2,1-2H3,(H2,16,18,19). The lowest BCUT2D eigenvalue weighted by Crippen LogP contribution is -2.37. The molecule has 0 saturated carbocycles. The minimum absolute atomic E-state index is 0.0753. The molecule has 3 N–H and O–H groups in total. The van der Waals surface area contributed by atoms with Crippen molar-refractivity contribution in [3.63, 3.8) is 0 Å². The molecule has 0 spiro atoms. The monoisotopic (exact) mass is 312 g/mol. The molecule has 2 rings (SSSR count). The molecule has 1 saturated heterocycles. The molecule has 5 nitrogen and oxygen atoms in total. The minimum Gasteiger partial charge on any atom is -0.381 e. The van der Waals surface area contributed by atoms with E-state index in [1.165, 1.54) is 6.07 Å². The normalized spacial score (nSPS) is 20.1. The van der Waals surface area contributed by atoms with Crippen LogP contribution in [0.5, 0.6) is 0 Å². The maximum Gasteiger partial charge on any atom is 0.238 e. The second kappa shape index (κ2) is 6.44. The van der Waals surface area contributed by atoms with Crippen molar-refractivity contribution in [2.45, 2.75) is 37.6 Å². The molecule has 1 aromatic carbocycles. The van der Waals surface area contributed by atoms with Gasteiger partial charge >= 0.3 is 0 Å². The van der Waals surface area contributed by atoms with Gasteiger partial charge in [-0.25, -0.2) is 13.6 Å². The van der Waals surface area contributed by atoms with E-state index < -0.39 is 10.0 Å². The quantitative estimate of drug-likeness (QED) is 0.868. The Bertz CT molecular complexity index is 580. The lowest BCUT2D eigenvalue weighted by Gasteiger charge is -2.34. The van der Waals surface area contributed by atoms with Crippen LogP contribution in [0.2, 0.25) is 0 Å². The Balaban J connectivity index is 2.02.